The van der Waals surface area contributed by atoms with Gasteiger partial charge in [-0.05, 0) is 55.4 Å². The molecule has 22 nitrogen and oxygen atoms in total. The number of carbonyl (C=O) groups excluding carboxylic acids is 6. The summed E-state index contributed by atoms with van der Waals surface area (Å²) in [7, 11) is 0.738. The molecule has 1 fully saturated rings. The minimum Gasteiger partial charge on any atom is -0.481 e. The maximum Gasteiger partial charge on any atom is 0.490 e. The zero-order chi connectivity index (χ0) is 57.9. The molecule has 0 aromatic heterocycles. The number of nitrogens with zero attached hydrogens (tertiary/aromatic N) is 3. The summed E-state index contributed by atoms with van der Waals surface area (Å²) in [6.07, 6.45) is -6.53. The fourth-order valence-electron chi connectivity index (χ4n) is 5.94. The number of urea groups is 1. The molecule has 3 rings (SSSR count). The Hall–Kier alpha value is -4.40. The highest BCUT2D eigenvalue weighted by molar-refractivity contribution is 8.77. The molecular formula is C44H68F3N7O15S6. The molecule has 0 radical (unpaired) electrons. The zero-order valence-electron chi connectivity index (χ0n) is 43.0. The maximum absolute atomic E-state index is 13.2. The van der Waals surface area contributed by atoms with Crippen molar-refractivity contribution >= 4 is 116 Å². The van der Waals surface area contributed by atoms with Gasteiger partial charge in [-0.15, -0.1) is 13.8 Å². The Kier molecular flexibility index (Phi) is 31.1. The lowest BCUT2D eigenvalue weighted by Crippen LogP contribution is -2.32. The van der Waals surface area contributed by atoms with Gasteiger partial charge >= 0.3 is 36.2 Å². The Morgan fingerprint density at radius 2 is 0.933 bits per heavy atom. The van der Waals surface area contributed by atoms with Gasteiger partial charge in [0.2, 0.25) is 11.8 Å². The van der Waals surface area contributed by atoms with Crippen molar-refractivity contribution in [2.24, 2.45) is 36.1 Å². The van der Waals surface area contributed by atoms with Crippen LogP contribution in [0.5, 0.6) is 0 Å². The maximum atomic E-state index is 13.2. The number of carbonyl (C=O) groups is 9. The number of imide groups is 1. The Morgan fingerprint density at radius 1 is 0.613 bits per heavy atom. The minimum absolute atomic E-state index is 0.00457. The Bertz CT molecular complexity index is 2360. The summed E-state index contributed by atoms with van der Waals surface area (Å²) in [6.45, 7) is 17.0. The molecule has 0 unspecified atom stereocenters. The molecule has 0 bridgehead atoms. The number of alkyl halides is 3. The van der Waals surface area contributed by atoms with Crippen LogP contribution in [0.15, 0.2) is 8.73 Å². The van der Waals surface area contributed by atoms with Crippen molar-refractivity contribution in [1.82, 2.24) is 21.0 Å². The Balaban J connectivity index is 0.00000107. The first-order valence-corrected chi connectivity index (χ1v) is 31.4. The number of carboxylic acids is 3. The summed E-state index contributed by atoms with van der Waals surface area (Å²) < 4.78 is 65.7. The van der Waals surface area contributed by atoms with Crippen molar-refractivity contribution in [3.05, 3.63) is 0 Å². The topological polar surface area (TPSA) is 348 Å². The number of aliphatic carboxylic acids is 3. The quantitative estimate of drug-likeness (QED) is 0.0354. The number of hydroxylamine groups is 2. The predicted octanol–water partition coefficient (Wildman–Crippen LogP) is 5.26. The van der Waals surface area contributed by atoms with E-state index in [1.165, 1.54) is 21.6 Å². The van der Waals surface area contributed by atoms with Crippen LogP contribution in [0.25, 0.3) is 0 Å². The number of hydrogen-bond donors (Lipinski definition) is 7. The monoisotopic (exact) mass is 1180 g/mol. The van der Waals surface area contributed by atoms with Crippen molar-refractivity contribution in [3.8, 4) is 23.7 Å². The van der Waals surface area contributed by atoms with Crippen molar-refractivity contribution in [2.75, 3.05) is 72.2 Å². The summed E-state index contributed by atoms with van der Waals surface area (Å²) in [4.78, 5) is 104. The first-order valence-electron chi connectivity index (χ1n) is 22.7. The van der Waals surface area contributed by atoms with Crippen LogP contribution in [-0.2, 0) is 57.9 Å². The van der Waals surface area contributed by atoms with Crippen LogP contribution in [0.2, 0.25) is 0 Å². The van der Waals surface area contributed by atoms with Gasteiger partial charge in [-0.1, -0.05) is 66.9 Å². The smallest absolute Gasteiger partial charge is 0.481 e. The number of halogens is 3. The zero-order valence-corrected chi connectivity index (χ0v) is 47.9. The van der Waals surface area contributed by atoms with Gasteiger partial charge in [-0.2, -0.15) is 13.2 Å². The van der Waals surface area contributed by atoms with Crippen LogP contribution >= 0.6 is 43.2 Å². The van der Waals surface area contributed by atoms with Crippen LogP contribution in [0.4, 0.5) is 22.8 Å². The summed E-state index contributed by atoms with van der Waals surface area (Å²) in [5, 5.41) is 32.4. The van der Waals surface area contributed by atoms with Gasteiger partial charge in [0, 0.05) is 120 Å². The minimum atomic E-state index is -5.08. The van der Waals surface area contributed by atoms with Crippen LogP contribution in [-0.4, -0.2) is 161 Å². The Labute approximate surface area is 451 Å². The van der Waals surface area contributed by atoms with E-state index in [2.05, 4.69) is 53.2 Å². The summed E-state index contributed by atoms with van der Waals surface area (Å²) >= 11 is 0. The first kappa shape index (κ1) is 70.6. The number of nitrogens with two attached hydrogens (primary N) is 1. The number of amides is 7. The van der Waals surface area contributed by atoms with Crippen LogP contribution < -0.4 is 21.7 Å². The number of rotatable bonds is 20. The molecule has 7 amide bonds. The standard InChI is InChI=1S/C19H31N3O5S3.C15H20N2O5S.C8H16N2O3S2.C2HF3O2/c1-18(2)7-8-19(3,4)14-30(27,13-18)22-17(26)21-10-12-29-28-11-9-20-15(23)5-6-16(24)25;1-14(2)7-8-15(3,4)10-23(21,9-14)16-13(20)22-17-11(18)5-6-12(17)19;9-3-5-14-15-6-4-10-7(11)1-2-8(12)13;3-2(4,5)1(6)7/h5-6,9-14H2,1-4H3,(H,20,23)(H,21,26)(H,24,25);5-6,9-10H2,1-4H3;1-6,9H2,(H,10,11)(H,12,13);(H,6,7). The van der Waals surface area contributed by atoms with E-state index in [1.807, 2.05) is 55.4 Å². The largest absolute Gasteiger partial charge is 0.490 e. The molecule has 426 valence electrons. The second kappa shape index (κ2) is 33.0. The lowest BCUT2D eigenvalue weighted by atomic mass is 9.92. The van der Waals surface area contributed by atoms with E-state index >= 15 is 0 Å². The third-order valence-corrected chi connectivity index (χ3v) is 19.2. The molecular weight excluding hydrogens is 1120 g/mol. The summed E-state index contributed by atoms with van der Waals surface area (Å²) in [5.41, 5.74) is 3.27. The van der Waals surface area contributed by atoms with E-state index < -0.39 is 89.1 Å². The van der Waals surface area contributed by atoms with E-state index in [0.29, 0.717) is 42.7 Å². The fourth-order valence-corrected chi connectivity index (χ4v) is 15.5. The van der Waals surface area contributed by atoms with Gasteiger partial charge in [0.1, 0.15) is 0 Å². The summed E-state index contributed by atoms with van der Waals surface area (Å²) in [6, 6.07) is -0.565. The van der Waals surface area contributed by atoms with Crippen molar-refractivity contribution in [2.45, 2.75) is 100 Å². The summed E-state index contributed by atoms with van der Waals surface area (Å²) in [5.74, 6) is 9.86. The molecule has 8 N–H and O–H groups in total. The van der Waals surface area contributed by atoms with E-state index in [-0.39, 0.29) is 73.4 Å². The number of nitrogens with one attached hydrogen (secondary N) is 3. The normalized spacial score (nSPS) is 17.8. The van der Waals surface area contributed by atoms with Gasteiger partial charge in [-0.25, -0.2) is 22.8 Å². The lowest BCUT2D eigenvalue weighted by molar-refractivity contribution is -0.192. The van der Waals surface area contributed by atoms with Gasteiger partial charge in [0.25, 0.3) is 11.8 Å². The SMILES string of the molecule is CC1(C)C#CC(C)(C)CS(=O)(=NC(=O)NCCSSCCNC(=O)CCC(=O)O)C1.CC1(C)C#CC(C)(C)CS(=O)(=NC(=O)ON2C(=O)CCC2=O)C1.NCCSSCCNC(=O)CCC(=O)O.O=C(O)C(F)(F)F. The van der Waals surface area contributed by atoms with Crippen molar-refractivity contribution in [1.29, 1.82) is 0 Å². The van der Waals surface area contributed by atoms with Gasteiger partial charge < -0.3 is 41.8 Å². The molecule has 31 heteroatoms. The van der Waals surface area contributed by atoms with Crippen molar-refractivity contribution in [3.63, 3.8) is 0 Å². The molecule has 0 aromatic carbocycles. The van der Waals surface area contributed by atoms with E-state index in [4.69, 9.17) is 25.8 Å². The average Bonchev–Trinajstić information content (AvgIpc) is 3.47. The van der Waals surface area contributed by atoms with Crippen LogP contribution in [0.1, 0.15) is 93.9 Å². The molecule has 0 spiro atoms. The first-order chi connectivity index (χ1) is 34.3. The number of carboxylic acid groups (broad SMARTS) is 3. The van der Waals surface area contributed by atoms with Gasteiger partial charge in [-0.3, -0.25) is 28.8 Å². The molecule has 0 saturated carbocycles. The third-order valence-electron chi connectivity index (χ3n) is 8.71. The van der Waals surface area contributed by atoms with Gasteiger partial charge in [0.05, 0.1) is 32.3 Å². The van der Waals surface area contributed by atoms with Crippen LogP contribution in [0, 0.1) is 45.3 Å². The predicted molar refractivity (Wildman–Crippen MR) is 285 cm³/mol. The van der Waals surface area contributed by atoms with Crippen molar-refractivity contribution < 1.29 is 84.9 Å². The van der Waals surface area contributed by atoms with Crippen LogP contribution in [0.3, 0.4) is 0 Å². The highest BCUT2D eigenvalue weighted by Crippen LogP contribution is 2.31. The third kappa shape index (κ3) is 34.8. The second-order valence-electron chi connectivity index (χ2n) is 18.9. The molecule has 3 heterocycles. The molecule has 3 aliphatic heterocycles. The molecule has 3 aliphatic rings. The van der Waals surface area contributed by atoms with E-state index in [1.54, 1.807) is 21.6 Å². The second-order valence-corrected chi connectivity index (χ2v) is 28.9. The average molecular weight is 1180 g/mol. The highest BCUT2D eigenvalue weighted by Gasteiger charge is 2.39. The lowest BCUT2D eigenvalue weighted by Gasteiger charge is -2.21. The molecule has 0 atom stereocenters. The molecule has 75 heavy (non-hydrogen) atoms. The van der Waals surface area contributed by atoms with E-state index in [0.717, 1.165) is 11.5 Å². The van der Waals surface area contributed by atoms with E-state index in [9.17, 15) is 59.9 Å². The molecule has 0 aromatic rings. The van der Waals surface area contributed by atoms with Gasteiger partial charge in [0.15, 0.2) is 0 Å². The molecule has 1 saturated heterocycles. The highest BCUT2D eigenvalue weighted by atomic mass is 33.1. The number of hydrogen-bond acceptors (Lipinski definition) is 17. The molecule has 0 aliphatic carbocycles. The fraction of sp³-hybridized carbons (Fsp3) is 0.705. The Morgan fingerprint density at radius 3 is 1.25 bits per heavy atom.